The first-order valence-corrected chi connectivity index (χ1v) is 5.76. The number of benzene rings is 1. The zero-order valence-electron chi connectivity index (χ0n) is 9.84. The van der Waals surface area contributed by atoms with E-state index >= 15 is 0 Å². The minimum Gasteiger partial charge on any atom is -0.348 e. The molecule has 1 saturated heterocycles. The maximum absolute atomic E-state index is 12.1. The van der Waals surface area contributed by atoms with E-state index in [1.54, 1.807) is 0 Å². The van der Waals surface area contributed by atoms with Crippen LogP contribution in [0.2, 0.25) is 0 Å². The van der Waals surface area contributed by atoms with Gasteiger partial charge in [0.15, 0.2) is 0 Å². The molecule has 2 N–H and O–H groups in total. The highest BCUT2D eigenvalue weighted by atomic mass is 16.1. The lowest BCUT2D eigenvalue weighted by Crippen LogP contribution is -2.36. The van der Waals surface area contributed by atoms with Crippen molar-refractivity contribution in [2.24, 2.45) is 0 Å². The lowest BCUT2D eigenvalue weighted by Gasteiger charge is -2.14. The van der Waals surface area contributed by atoms with Crippen molar-refractivity contribution in [3.8, 4) is 0 Å². The fourth-order valence-electron chi connectivity index (χ4n) is 2.21. The van der Waals surface area contributed by atoms with E-state index in [1.165, 1.54) is 0 Å². The molecule has 0 radical (unpaired) electrons. The summed E-state index contributed by atoms with van der Waals surface area (Å²) in [5, 5.41) is 6.32. The third kappa shape index (κ3) is 2.25. The van der Waals surface area contributed by atoms with Crippen LogP contribution in [0.5, 0.6) is 0 Å². The highest BCUT2D eigenvalue weighted by molar-refractivity contribution is 5.97. The number of carbonyl (C=O) groups is 1. The van der Waals surface area contributed by atoms with Crippen molar-refractivity contribution < 1.29 is 4.79 Å². The van der Waals surface area contributed by atoms with Gasteiger partial charge in [-0.25, -0.2) is 0 Å². The number of amides is 1. The van der Waals surface area contributed by atoms with Crippen LogP contribution in [0.3, 0.4) is 0 Å². The van der Waals surface area contributed by atoms with Crippen molar-refractivity contribution in [1.29, 1.82) is 0 Å². The number of nitrogens with one attached hydrogen (secondary N) is 2. The summed E-state index contributed by atoms with van der Waals surface area (Å²) in [5.74, 6) is 0.0595. The normalized spacial score (nSPS) is 19.8. The SMILES string of the molecule is Cc1cccc(C)c1C(=O)N[C@H]1CCNC1. The molecule has 1 aliphatic rings. The summed E-state index contributed by atoms with van der Waals surface area (Å²) < 4.78 is 0. The fraction of sp³-hybridized carbons (Fsp3) is 0.462. The summed E-state index contributed by atoms with van der Waals surface area (Å²) in [4.78, 5) is 12.1. The van der Waals surface area contributed by atoms with Gasteiger partial charge in [-0.15, -0.1) is 0 Å². The minimum absolute atomic E-state index is 0.0595. The molecule has 0 saturated carbocycles. The van der Waals surface area contributed by atoms with Gasteiger partial charge >= 0.3 is 0 Å². The van der Waals surface area contributed by atoms with Crippen LogP contribution in [-0.2, 0) is 0 Å². The van der Waals surface area contributed by atoms with Gasteiger partial charge in [-0.3, -0.25) is 4.79 Å². The van der Waals surface area contributed by atoms with Crippen molar-refractivity contribution in [3.63, 3.8) is 0 Å². The van der Waals surface area contributed by atoms with Crippen LogP contribution in [0.4, 0.5) is 0 Å². The van der Waals surface area contributed by atoms with Gasteiger partial charge in [0.25, 0.3) is 5.91 Å². The van der Waals surface area contributed by atoms with Crippen LogP contribution in [0, 0.1) is 13.8 Å². The standard InChI is InChI=1S/C13H18N2O/c1-9-4-3-5-10(2)12(9)13(16)15-11-6-7-14-8-11/h3-5,11,14H,6-8H2,1-2H3,(H,15,16)/t11-/m0/s1. The molecule has 0 bridgehead atoms. The highest BCUT2D eigenvalue weighted by Gasteiger charge is 2.19. The molecule has 0 unspecified atom stereocenters. The van der Waals surface area contributed by atoms with Gasteiger partial charge in [0.1, 0.15) is 0 Å². The zero-order valence-corrected chi connectivity index (χ0v) is 9.84. The van der Waals surface area contributed by atoms with Crippen LogP contribution in [0.25, 0.3) is 0 Å². The number of hydrogen-bond acceptors (Lipinski definition) is 2. The zero-order chi connectivity index (χ0) is 11.5. The van der Waals surface area contributed by atoms with Crippen LogP contribution in [0.1, 0.15) is 27.9 Å². The third-order valence-electron chi connectivity index (χ3n) is 3.10. The van der Waals surface area contributed by atoms with E-state index in [0.29, 0.717) is 0 Å². The van der Waals surface area contributed by atoms with Gasteiger partial charge in [0, 0.05) is 18.2 Å². The predicted molar refractivity (Wildman–Crippen MR) is 64.7 cm³/mol. The van der Waals surface area contributed by atoms with Gasteiger partial charge < -0.3 is 10.6 Å². The first kappa shape index (κ1) is 11.1. The maximum Gasteiger partial charge on any atom is 0.252 e. The molecule has 1 fully saturated rings. The average Bonchev–Trinajstić information content (AvgIpc) is 2.70. The molecule has 1 aromatic carbocycles. The molecule has 0 spiro atoms. The summed E-state index contributed by atoms with van der Waals surface area (Å²) >= 11 is 0. The second kappa shape index (κ2) is 4.66. The molecule has 3 nitrogen and oxygen atoms in total. The first-order chi connectivity index (χ1) is 7.68. The van der Waals surface area contributed by atoms with Gasteiger partial charge in [0.05, 0.1) is 0 Å². The topological polar surface area (TPSA) is 41.1 Å². The smallest absolute Gasteiger partial charge is 0.252 e. The average molecular weight is 218 g/mol. The molecule has 3 heteroatoms. The van der Waals surface area contributed by atoms with Gasteiger partial charge in [-0.05, 0) is 37.9 Å². The molecule has 1 heterocycles. The minimum atomic E-state index is 0.0595. The van der Waals surface area contributed by atoms with Gasteiger partial charge in [-0.1, -0.05) is 18.2 Å². The van der Waals surface area contributed by atoms with Crippen molar-refractivity contribution in [3.05, 3.63) is 34.9 Å². The van der Waals surface area contributed by atoms with Crippen molar-refractivity contribution in [2.75, 3.05) is 13.1 Å². The first-order valence-electron chi connectivity index (χ1n) is 5.76. The Balaban J connectivity index is 2.13. The van der Waals surface area contributed by atoms with E-state index in [4.69, 9.17) is 0 Å². The Hall–Kier alpha value is -1.35. The number of aryl methyl sites for hydroxylation is 2. The maximum atomic E-state index is 12.1. The summed E-state index contributed by atoms with van der Waals surface area (Å²) in [5.41, 5.74) is 2.92. The van der Waals surface area contributed by atoms with E-state index in [9.17, 15) is 4.79 Å². The number of rotatable bonds is 2. The van der Waals surface area contributed by atoms with E-state index in [2.05, 4.69) is 10.6 Å². The molecule has 0 aromatic heterocycles. The Bertz CT molecular complexity index is 375. The molecule has 1 aliphatic heterocycles. The molecule has 1 amide bonds. The summed E-state index contributed by atoms with van der Waals surface area (Å²) in [6.07, 6.45) is 1.02. The molecular formula is C13H18N2O. The Morgan fingerprint density at radius 3 is 2.62 bits per heavy atom. The van der Waals surface area contributed by atoms with E-state index < -0.39 is 0 Å². The molecule has 2 rings (SSSR count). The van der Waals surface area contributed by atoms with Gasteiger partial charge in [-0.2, -0.15) is 0 Å². The summed E-state index contributed by atoms with van der Waals surface area (Å²) in [6, 6.07) is 6.23. The Morgan fingerprint density at radius 1 is 1.38 bits per heavy atom. The van der Waals surface area contributed by atoms with Crippen molar-refractivity contribution in [1.82, 2.24) is 10.6 Å². The van der Waals surface area contributed by atoms with Crippen LogP contribution in [-0.4, -0.2) is 25.0 Å². The summed E-state index contributed by atoms with van der Waals surface area (Å²) in [6.45, 7) is 5.85. The lowest BCUT2D eigenvalue weighted by molar-refractivity contribution is 0.0939. The molecule has 1 aromatic rings. The lowest BCUT2D eigenvalue weighted by atomic mass is 10.0. The second-order valence-corrected chi connectivity index (χ2v) is 4.43. The third-order valence-corrected chi connectivity index (χ3v) is 3.10. The Morgan fingerprint density at radius 2 is 2.06 bits per heavy atom. The van der Waals surface area contributed by atoms with Crippen LogP contribution in [0.15, 0.2) is 18.2 Å². The largest absolute Gasteiger partial charge is 0.348 e. The van der Waals surface area contributed by atoms with Gasteiger partial charge in [0.2, 0.25) is 0 Å². The fourth-order valence-corrected chi connectivity index (χ4v) is 2.21. The quantitative estimate of drug-likeness (QED) is 0.787. The van der Waals surface area contributed by atoms with E-state index in [1.807, 2.05) is 32.0 Å². The van der Waals surface area contributed by atoms with E-state index in [-0.39, 0.29) is 11.9 Å². The molecular weight excluding hydrogens is 200 g/mol. The molecule has 1 atom stereocenters. The summed E-state index contributed by atoms with van der Waals surface area (Å²) in [7, 11) is 0. The van der Waals surface area contributed by atoms with Crippen molar-refractivity contribution >= 4 is 5.91 Å². The molecule has 0 aliphatic carbocycles. The molecule has 16 heavy (non-hydrogen) atoms. The second-order valence-electron chi connectivity index (χ2n) is 4.43. The number of hydrogen-bond donors (Lipinski definition) is 2. The Labute approximate surface area is 96.2 Å². The molecule has 86 valence electrons. The van der Waals surface area contributed by atoms with Crippen molar-refractivity contribution in [2.45, 2.75) is 26.3 Å². The number of carbonyl (C=O) groups excluding carboxylic acids is 1. The monoisotopic (exact) mass is 218 g/mol. The van der Waals surface area contributed by atoms with E-state index in [0.717, 1.165) is 36.2 Å². The Kier molecular flexibility index (Phi) is 3.25. The predicted octanol–water partition coefficient (Wildman–Crippen LogP) is 1.40. The van der Waals surface area contributed by atoms with Crippen LogP contribution >= 0.6 is 0 Å². The highest BCUT2D eigenvalue weighted by Crippen LogP contribution is 2.13. The van der Waals surface area contributed by atoms with Crippen LogP contribution < -0.4 is 10.6 Å².